The van der Waals surface area contributed by atoms with Crippen molar-refractivity contribution in [1.29, 1.82) is 0 Å². The second kappa shape index (κ2) is 5.01. The van der Waals surface area contributed by atoms with Crippen molar-refractivity contribution in [2.24, 2.45) is 5.41 Å². The van der Waals surface area contributed by atoms with E-state index in [0.717, 1.165) is 6.07 Å². The van der Waals surface area contributed by atoms with Crippen LogP contribution in [-0.2, 0) is 10.0 Å². The van der Waals surface area contributed by atoms with Crippen LogP contribution in [0.3, 0.4) is 0 Å². The van der Waals surface area contributed by atoms with Gasteiger partial charge in [0.1, 0.15) is 10.7 Å². The first-order valence-electron chi connectivity index (χ1n) is 7.30. The van der Waals surface area contributed by atoms with E-state index in [9.17, 15) is 22.0 Å². The predicted octanol–water partition coefficient (Wildman–Crippen LogP) is 2.53. The topological polar surface area (TPSA) is 96.6 Å². The summed E-state index contributed by atoms with van der Waals surface area (Å²) >= 11 is 0. The molecule has 1 heterocycles. The molecular weight excluding hydrogens is 332 g/mol. The van der Waals surface area contributed by atoms with Crippen LogP contribution in [0.1, 0.15) is 48.4 Å². The number of hydrogen-bond acceptors (Lipinski definition) is 4. The van der Waals surface area contributed by atoms with Crippen LogP contribution >= 0.6 is 0 Å². The maximum Gasteiger partial charge on any atom is 0.371 e. The summed E-state index contributed by atoms with van der Waals surface area (Å²) in [5.41, 5.74) is -0.934. The van der Waals surface area contributed by atoms with Gasteiger partial charge < -0.3 is 9.52 Å². The number of hydrogen-bond donors (Lipinski definition) is 2. The summed E-state index contributed by atoms with van der Waals surface area (Å²) < 4.78 is 58.7. The van der Waals surface area contributed by atoms with E-state index in [1.54, 1.807) is 0 Å². The highest BCUT2D eigenvalue weighted by atomic mass is 32.2. The normalized spacial score (nSPS) is 29.6. The smallest absolute Gasteiger partial charge is 0.371 e. The summed E-state index contributed by atoms with van der Waals surface area (Å²) in [4.78, 5) is 10.6. The Morgan fingerprint density at radius 2 is 1.96 bits per heavy atom. The molecular formula is C14H17F2NO5S. The molecule has 2 aliphatic rings. The second-order valence-corrected chi connectivity index (χ2v) is 8.08. The van der Waals surface area contributed by atoms with Gasteiger partial charge in [-0.1, -0.05) is 0 Å². The fourth-order valence-electron chi connectivity index (χ4n) is 3.33. The highest BCUT2D eigenvalue weighted by Gasteiger charge is 2.70. The third-order valence-electron chi connectivity index (χ3n) is 4.85. The molecule has 2 aliphatic carbocycles. The SMILES string of the molecule is Cc1oc(C(=O)O)cc1S(=O)(=O)NC1CCC2(CC1)CC2(F)F. The zero-order chi connectivity index (χ0) is 17.0. The Morgan fingerprint density at radius 3 is 2.39 bits per heavy atom. The van der Waals surface area contributed by atoms with Crippen molar-refractivity contribution in [3.8, 4) is 0 Å². The minimum atomic E-state index is -3.94. The number of carboxylic acids is 1. The lowest BCUT2D eigenvalue weighted by Crippen LogP contribution is -2.38. The molecule has 0 amide bonds. The van der Waals surface area contributed by atoms with E-state index in [4.69, 9.17) is 9.52 Å². The van der Waals surface area contributed by atoms with Gasteiger partial charge in [-0.3, -0.25) is 0 Å². The van der Waals surface area contributed by atoms with Crippen LogP contribution in [0.15, 0.2) is 15.4 Å². The lowest BCUT2D eigenvalue weighted by Gasteiger charge is -2.29. The minimum absolute atomic E-state index is 0.0177. The Labute approximate surface area is 131 Å². The van der Waals surface area contributed by atoms with Gasteiger partial charge in [-0.2, -0.15) is 0 Å². The number of nitrogens with one attached hydrogen (secondary N) is 1. The molecule has 1 aromatic heterocycles. The van der Waals surface area contributed by atoms with E-state index in [1.165, 1.54) is 6.92 Å². The van der Waals surface area contributed by atoms with E-state index < -0.39 is 39.1 Å². The van der Waals surface area contributed by atoms with Gasteiger partial charge in [0.15, 0.2) is 0 Å². The van der Waals surface area contributed by atoms with E-state index >= 15 is 0 Å². The molecule has 2 N–H and O–H groups in total. The van der Waals surface area contributed by atoms with Gasteiger partial charge in [0.2, 0.25) is 15.8 Å². The van der Waals surface area contributed by atoms with Crippen molar-refractivity contribution >= 4 is 16.0 Å². The number of aromatic carboxylic acids is 1. The average Bonchev–Trinajstić information content (AvgIpc) is 2.78. The molecule has 6 nitrogen and oxygen atoms in total. The van der Waals surface area contributed by atoms with Gasteiger partial charge in [-0.25, -0.2) is 26.7 Å². The molecule has 9 heteroatoms. The van der Waals surface area contributed by atoms with E-state index in [2.05, 4.69) is 4.72 Å². The second-order valence-electron chi connectivity index (χ2n) is 6.39. The number of halogens is 2. The molecule has 0 unspecified atom stereocenters. The van der Waals surface area contributed by atoms with Crippen molar-refractivity contribution in [2.75, 3.05) is 0 Å². The Balaban J connectivity index is 1.69. The highest BCUT2D eigenvalue weighted by Crippen LogP contribution is 2.67. The predicted molar refractivity (Wildman–Crippen MR) is 75.0 cm³/mol. The molecule has 0 saturated heterocycles. The van der Waals surface area contributed by atoms with Crippen molar-refractivity contribution in [2.45, 2.75) is 55.9 Å². The Hall–Kier alpha value is -1.48. The molecule has 0 bridgehead atoms. The van der Waals surface area contributed by atoms with Crippen molar-refractivity contribution in [3.63, 3.8) is 0 Å². The minimum Gasteiger partial charge on any atom is -0.475 e. The van der Waals surface area contributed by atoms with Crippen LogP contribution in [0.4, 0.5) is 8.78 Å². The van der Waals surface area contributed by atoms with Crippen LogP contribution in [0.25, 0.3) is 0 Å². The summed E-state index contributed by atoms with van der Waals surface area (Å²) in [5.74, 6) is -4.45. The molecule has 128 valence electrons. The van der Waals surface area contributed by atoms with Gasteiger partial charge in [0.25, 0.3) is 5.92 Å². The number of aryl methyl sites for hydroxylation is 1. The van der Waals surface area contributed by atoms with Crippen LogP contribution < -0.4 is 4.72 Å². The third kappa shape index (κ3) is 2.76. The van der Waals surface area contributed by atoms with Crippen LogP contribution in [0, 0.1) is 12.3 Å². The molecule has 0 atom stereocenters. The number of furan rings is 1. The summed E-state index contributed by atoms with van der Waals surface area (Å²) in [7, 11) is -3.94. The third-order valence-corrected chi connectivity index (χ3v) is 6.48. The summed E-state index contributed by atoms with van der Waals surface area (Å²) in [6.07, 6.45) is 1.16. The molecule has 2 saturated carbocycles. The molecule has 1 spiro atoms. The fraction of sp³-hybridized carbons (Fsp3) is 0.643. The zero-order valence-electron chi connectivity index (χ0n) is 12.4. The lowest BCUT2D eigenvalue weighted by molar-refractivity contribution is 0.0451. The number of rotatable bonds is 4. The number of carboxylic acid groups (broad SMARTS) is 1. The van der Waals surface area contributed by atoms with Gasteiger partial charge in [-0.15, -0.1) is 0 Å². The Morgan fingerprint density at radius 1 is 1.39 bits per heavy atom. The molecule has 3 rings (SSSR count). The van der Waals surface area contributed by atoms with Crippen LogP contribution in [0.5, 0.6) is 0 Å². The highest BCUT2D eigenvalue weighted by molar-refractivity contribution is 7.89. The Kier molecular flexibility index (Phi) is 3.57. The monoisotopic (exact) mass is 349 g/mol. The summed E-state index contributed by atoms with van der Waals surface area (Å²) in [6, 6.07) is 0.531. The number of carbonyl (C=O) groups is 1. The zero-order valence-corrected chi connectivity index (χ0v) is 13.3. The van der Waals surface area contributed by atoms with Crippen molar-refractivity contribution < 1.29 is 31.5 Å². The summed E-state index contributed by atoms with van der Waals surface area (Å²) in [5, 5.41) is 8.84. The maximum absolute atomic E-state index is 13.3. The van der Waals surface area contributed by atoms with Gasteiger partial charge >= 0.3 is 5.97 Å². The van der Waals surface area contributed by atoms with E-state index in [0.29, 0.717) is 12.8 Å². The van der Waals surface area contributed by atoms with Crippen LogP contribution in [-0.4, -0.2) is 31.5 Å². The molecule has 0 aromatic carbocycles. The standard InChI is InChI=1S/C14H17F2NO5S/c1-8-11(6-10(22-8)12(18)19)23(20,21)17-9-2-4-13(5-3-9)7-14(13,15)16/h6,9,17H,2-5,7H2,1H3,(H,18,19). The first-order chi connectivity index (χ1) is 10.6. The lowest BCUT2D eigenvalue weighted by atomic mass is 9.83. The van der Waals surface area contributed by atoms with Crippen molar-refractivity contribution in [1.82, 2.24) is 4.72 Å². The number of sulfonamides is 1. The Bertz CT molecular complexity index is 747. The number of alkyl halides is 2. The molecule has 2 fully saturated rings. The summed E-state index contributed by atoms with van der Waals surface area (Å²) in [6.45, 7) is 1.36. The quantitative estimate of drug-likeness (QED) is 0.871. The van der Waals surface area contributed by atoms with Gasteiger partial charge in [0, 0.05) is 23.9 Å². The van der Waals surface area contributed by atoms with E-state index in [1.807, 2.05) is 0 Å². The first-order valence-corrected chi connectivity index (χ1v) is 8.79. The maximum atomic E-state index is 13.3. The van der Waals surface area contributed by atoms with Gasteiger partial charge in [0.05, 0.1) is 0 Å². The van der Waals surface area contributed by atoms with Crippen molar-refractivity contribution in [3.05, 3.63) is 17.6 Å². The average molecular weight is 349 g/mol. The molecule has 0 radical (unpaired) electrons. The van der Waals surface area contributed by atoms with Gasteiger partial charge in [-0.05, 0) is 32.6 Å². The molecule has 0 aliphatic heterocycles. The van der Waals surface area contributed by atoms with E-state index in [-0.39, 0.29) is 29.9 Å². The largest absolute Gasteiger partial charge is 0.475 e. The molecule has 23 heavy (non-hydrogen) atoms. The fourth-order valence-corrected chi connectivity index (χ4v) is 4.82. The van der Waals surface area contributed by atoms with Crippen LogP contribution in [0.2, 0.25) is 0 Å². The first kappa shape index (κ1) is 16.4. The molecule has 1 aromatic rings.